The van der Waals surface area contributed by atoms with Crippen molar-refractivity contribution in [2.24, 2.45) is 0 Å². The minimum Gasteiger partial charge on any atom is -0.475 e. The van der Waals surface area contributed by atoms with E-state index in [1.54, 1.807) is 17.4 Å². The third-order valence-corrected chi connectivity index (χ3v) is 6.80. The van der Waals surface area contributed by atoms with Crippen molar-refractivity contribution in [3.8, 4) is 11.1 Å². The smallest absolute Gasteiger partial charge is 0.475 e. The molecule has 1 saturated heterocycles. The minimum atomic E-state index is -5.08. The Balaban J connectivity index is 0.000000263. The van der Waals surface area contributed by atoms with Crippen LogP contribution in [0, 0.1) is 0 Å². The summed E-state index contributed by atoms with van der Waals surface area (Å²) in [5.41, 5.74) is 6.05. The van der Waals surface area contributed by atoms with Gasteiger partial charge in [-0.05, 0) is 84.6 Å². The summed E-state index contributed by atoms with van der Waals surface area (Å²) in [6.45, 7) is 3.25. The number of rotatable bonds is 3. The molecule has 2 aliphatic rings. The topological polar surface area (TPSA) is 104 Å². The van der Waals surface area contributed by atoms with E-state index in [1.165, 1.54) is 36.8 Å². The maximum Gasteiger partial charge on any atom is 0.490 e. The number of furan rings is 1. The first kappa shape index (κ1) is 30.7. The van der Waals surface area contributed by atoms with E-state index in [0.29, 0.717) is 5.41 Å². The molecule has 1 aliphatic heterocycles. The molecule has 3 heterocycles. The number of hydrogen-bond acceptors (Lipinski definition) is 5. The van der Waals surface area contributed by atoms with Crippen LogP contribution in [0.5, 0.6) is 0 Å². The van der Waals surface area contributed by atoms with E-state index in [2.05, 4.69) is 40.2 Å². The molecule has 0 saturated carbocycles. The van der Waals surface area contributed by atoms with E-state index >= 15 is 0 Å². The third-order valence-electron chi connectivity index (χ3n) is 6.80. The largest absolute Gasteiger partial charge is 0.490 e. The summed E-state index contributed by atoms with van der Waals surface area (Å²) >= 11 is 0. The van der Waals surface area contributed by atoms with Crippen molar-refractivity contribution in [3.05, 3.63) is 78.0 Å². The Hall–Kier alpha value is -3.87. The summed E-state index contributed by atoms with van der Waals surface area (Å²) in [5.74, 6) is -4.44. The monoisotopic (exact) mass is 572 g/mol. The first-order valence-electron chi connectivity index (χ1n) is 12.1. The van der Waals surface area contributed by atoms with Gasteiger partial charge in [0.1, 0.15) is 5.76 Å². The van der Waals surface area contributed by atoms with Gasteiger partial charge in [-0.2, -0.15) is 26.3 Å². The number of aryl methyl sites for hydroxylation is 1. The third kappa shape index (κ3) is 8.07. The quantitative estimate of drug-likeness (QED) is 0.366. The molecule has 3 aromatic rings. The second kappa shape index (κ2) is 12.5. The second-order valence-corrected chi connectivity index (χ2v) is 9.36. The molecular weight excluding hydrogens is 546 g/mol. The van der Waals surface area contributed by atoms with Gasteiger partial charge in [-0.15, -0.1) is 0 Å². The van der Waals surface area contributed by atoms with Crippen LogP contribution in [-0.4, -0.2) is 57.5 Å². The number of alkyl halides is 6. The summed E-state index contributed by atoms with van der Waals surface area (Å²) in [6.07, 6.45) is 0.421. The van der Waals surface area contributed by atoms with E-state index in [4.69, 9.17) is 24.2 Å². The molecule has 1 aromatic carbocycles. The van der Waals surface area contributed by atoms with Gasteiger partial charge in [0.25, 0.3) is 0 Å². The Morgan fingerprint density at radius 2 is 1.52 bits per heavy atom. The van der Waals surface area contributed by atoms with Crippen LogP contribution in [0.15, 0.2) is 65.5 Å². The van der Waals surface area contributed by atoms with Crippen LogP contribution >= 0.6 is 0 Å². The molecule has 216 valence electrons. The molecule has 0 atom stereocenters. The first-order chi connectivity index (χ1) is 18.7. The van der Waals surface area contributed by atoms with Crippen LogP contribution in [0.1, 0.15) is 36.1 Å². The van der Waals surface area contributed by atoms with Gasteiger partial charge in [0.15, 0.2) is 0 Å². The number of aromatic nitrogens is 1. The van der Waals surface area contributed by atoms with Crippen LogP contribution in [0.3, 0.4) is 0 Å². The van der Waals surface area contributed by atoms with Gasteiger partial charge in [-0.25, -0.2) is 9.59 Å². The highest BCUT2D eigenvalue weighted by molar-refractivity contribution is 5.73. The molecule has 40 heavy (non-hydrogen) atoms. The number of halogens is 6. The molecule has 7 nitrogen and oxygen atoms in total. The molecule has 0 amide bonds. The maximum absolute atomic E-state index is 10.6. The van der Waals surface area contributed by atoms with Gasteiger partial charge >= 0.3 is 24.3 Å². The zero-order valence-electron chi connectivity index (χ0n) is 21.0. The fraction of sp³-hybridized carbons (Fsp3) is 0.370. The summed E-state index contributed by atoms with van der Waals surface area (Å²) < 4.78 is 69.0. The van der Waals surface area contributed by atoms with E-state index in [9.17, 15) is 26.3 Å². The average molecular weight is 573 g/mol. The lowest BCUT2D eigenvalue weighted by Crippen LogP contribution is -2.41. The number of carboxylic acid groups (broad SMARTS) is 2. The van der Waals surface area contributed by atoms with Crippen molar-refractivity contribution < 1.29 is 50.6 Å². The molecule has 5 rings (SSSR count). The SMILES string of the molecule is O=C(O)C(F)(F)F.O=C(O)C(F)(F)F.c1cncc(-c2ccc3c(c2)CCC32CCN(Cc3ccco3)CC2)c1. The Bertz CT molecular complexity index is 1240. The van der Waals surface area contributed by atoms with Crippen molar-refractivity contribution >= 4 is 11.9 Å². The van der Waals surface area contributed by atoms with Crippen molar-refractivity contribution in [1.82, 2.24) is 9.88 Å². The molecular formula is C27H26F6N2O5. The first-order valence-corrected chi connectivity index (χ1v) is 12.1. The number of nitrogens with zero attached hydrogens (tertiary/aromatic N) is 2. The molecule has 1 fully saturated rings. The Morgan fingerprint density at radius 1 is 0.900 bits per heavy atom. The molecule has 1 aliphatic carbocycles. The van der Waals surface area contributed by atoms with Crippen LogP contribution in [0.4, 0.5) is 26.3 Å². The zero-order chi connectivity index (χ0) is 29.6. The van der Waals surface area contributed by atoms with E-state index in [0.717, 1.165) is 25.4 Å². The van der Waals surface area contributed by atoms with Gasteiger partial charge in [-0.3, -0.25) is 9.88 Å². The number of carbonyl (C=O) groups is 2. The van der Waals surface area contributed by atoms with Crippen LogP contribution in [0.2, 0.25) is 0 Å². The number of likely N-dealkylation sites (tertiary alicyclic amines) is 1. The predicted molar refractivity (Wildman–Crippen MR) is 130 cm³/mol. The maximum atomic E-state index is 10.6. The molecule has 0 radical (unpaired) electrons. The van der Waals surface area contributed by atoms with Crippen LogP contribution < -0.4 is 0 Å². The number of piperidine rings is 1. The highest BCUT2D eigenvalue weighted by Gasteiger charge is 2.41. The highest BCUT2D eigenvalue weighted by Crippen LogP contribution is 2.47. The summed E-state index contributed by atoms with van der Waals surface area (Å²) in [5, 5.41) is 14.2. The minimum absolute atomic E-state index is 0.391. The van der Waals surface area contributed by atoms with Crippen LogP contribution in [-0.2, 0) is 28.0 Å². The highest BCUT2D eigenvalue weighted by atomic mass is 19.4. The lowest BCUT2D eigenvalue weighted by molar-refractivity contribution is -0.193. The van der Waals surface area contributed by atoms with Crippen molar-refractivity contribution in [2.75, 3.05) is 13.1 Å². The number of aliphatic carboxylic acids is 2. The van der Waals surface area contributed by atoms with Crippen molar-refractivity contribution in [1.29, 1.82) is 0 Å². The molecule has 2 aromatic heterocycles. The Kier molecular flexibility index (Phi) is 9.61. The van der Waals surface area contributed by atoms with Gasteiger partial charge < -0.3 is 14.6 Å². The van der Waals surface area contributed by atoms with Gasteiger partial charge in [0, 0.05) is 12.4 Å². The summed E-state index contributed by atoms with van der Waals surface area (Å²) in [7, 11) is 0. The van der Waals surface area contributed by atoms with Gasteiger partial charge in [-0.1, -0.05) is 24.3 Å². The lowest BCUT2D eigenvalue weighted by atomic mass is 9.73. The van der Waals surface area contributed by atoms with E-state index in [-0.39, 0.29) is 0 Å². The standard InChI is InChI=1S/C23H24N2O.2C2HF3O2/c1-3-20(16-24-11-1)18-5-6-22-19(15-18)7-8-23(22)9-12-25(13-10-23)17-21-4-2-14-26-21;2*3-2(4,5)1(6)7/h1-6,11,14-16H,7-10,12-13,17H2;2*(H,6,7). The number of benzene rings is 1. The summed E-state index contributed by atoms with van der Waals surface area (Å²) in [6, 6.07) is 15.3. The molecule has 13 heteroatoms. The molecule has 0 unspecified atom stereocenters. The Morgan fingerprint density at radius 3 is 2.02 bits per heavy atom. The summed E-state index contributed by atoms with van der Waals surface area (Å²) in [4.78, 5) is 24.6. The lowest BCUT2D eigenvalue weighted by Gasteiger charge is -2.40. The number of carboxylic acids is 2. The van der Waals surface area contributed by atoms with Crippen molar-refractivity contribution in [3.63, 3.8) is 0 Å². The fourth-order valence-corrected chi connectivity index (χ4v) is 4.82. The molecule has 0 bridgehead atoms. The van der Waals surface area contributed by atoms with Gasteiger partial charge in [0.05, 0.1) is 12.8 Å². The van der Waals surface area contributed by atoms with Crippen LogP contribution in [0.25, 0.3) is 11.1 Å². The van der Waals surface area contributed by atoms with E-state index in [1.807, 2.05) is 24.5 Å². The average Bonchev–Trinajstić information content (AvgIpc) is 3.54. The number of fused-ring (bicyclic) bond motifs is 2. The fourth-order valence-electron chi connectivity index (χ4n) is 4.82. The number of pyridine rings is 1. The Labute approximate surface area is 225 Å². The van der Waals surface area contributed by atoms with Gasteiger partial charge in [0.2, 0.25) is 0 Å². The van der Waals surface area contributed by atoms with E-state index < -0.39 is 24.3 Å². The molecule has 1 spiro atoms. The predicted octanol–water partition coefficient (Wildman–Crippen LogP) is 6.09. The molecule has 2 N–H and O–H groups in total. The number of hydrogen-bond donors (Lipinski definition) is 2. The zero-order valence-corrected chi connectivity index (χ0v) is 21.0. The normalized spacial score (nSPS) is 16.2. The second-order valence-electron chi connectivity index (χ2n) is 9.36. The van der Waals surface area contributed by atoms with Crippen molar-refractivity contribution in [2.45, 2.75) is 50.0 Å².